The Morgan fingerprint density at radius 3 is 2.48 bits per heavy atom. The van der Waals surface area contributed by atoms with Crippen LogP contribution in [-0.2, 0) is 4.74 Å². The number of ether oxygens (including phenoxy) is 2. The van der Waals surface area contributed by atoms with E-state index in [2.05, 4.69) is 22.5 Å². The van der Waals surface area contributed by atoms with Crippen LogP contribution in [0, 0.1) is 0 Å². The zero-order chi connectivity index (χ0) is 23.2. The molecule has 0 saturated carbocycles. The lowest BCUT2D eigenvalue weighted by Crippen LogP contribution is -2.54. The number of hydrogen-bond donors (Lipinski definition) is 2. The number of para-hydroxylation sites is 1. The van der Waals surface area contributed by atoms with Crippen molar-refractivity contribution in [1.29, 1.82) is 0 Å². The Bertz CT molecular complexity index is 1090. The molecule has 0 aliphatic carbocycles. The van der Waals surface area contributed by atoms with Gasteiger partial charge in [0, 0.05) is 24.6 Å². The van der Waals surface area contributed by atoms with Gasteiger partial charge in [-0.2, -0.15) is 0 Å². The maximum atomic E-state index is 12.4. The highest BCUT2D eigenvalue weighted by Gasteiger charge is 2.32. The fourth-order valence-electron chi connectivity index (χ4n) is 3.75. The highest BCUT2D eigenvalue weighted by atomic mass is 32.1. The molecule has 1 saturated heterocycles. The van der Waals surface area contributed by atoms with Gasteiger partial charge in [-0.25, -0.2) is 4.79 Å². The Kier molecular flexibility index (Phi) is 7.14. The van der Waals surface area contributed by atoms with Gasteiger partial charge in [0.05, 0.1) is 37.1 Å². The third-order valence-corrected chi connectivity index (χ3v) is 5.67. The van der Waals surface area contributed by atoms with Gasteiger partial charge in [-0.15, -0.1) is 0 Å². The first-order valence-corrected chi connectivity index (χ1v) is 11.4. The summed E-state index contributed by atoms with van der Waals surface area (Å²) >= 11 is 5.27. The SMILES string of the molecule is CCCNC(=S)Nc1ccc(OC2CN(c3cccc(C(=O)OC)c3-n3cccc3)C2)cc1. The number of aromatic nitrogens is 1. The van der Waals surface area contributed by atoms with Crippen molar-refractivity contribution in [2.24, 2.45) is 0 Å². The Labute approximate surface area is 199 Å². The maximum absolute atomic E-state index is 12.4. The molecule has 0 radical (unpaired) electrons. The van der Waals surface area contributed by atoms with Gasteiger partial charge in [-0.05, 0) is 67.2 Å². The monoisotopic (exact) mass is 464 g/mol. The van der Waals surface area contributed by atoms with E-state index in [1.165, 1.54) is 7.11 Å². The van der Waals surface area contributed by atoms with Crippen molar-refractivity contribution in [3.05, 3.63) is 72.6 Å². The zero-order valence-corrected chi connectivity index (χ0v) is 19.6. The van der Waals surface area contributed by atoms with Crippen LogP contribution >= 0.6 is 12.2 Å². The van der Waals surface area contributed by atoms with Crippen LogP contribution in [0.15, 0.2) is 67.0 Å². The van der Waals surface area contributed by atoms with Crippen molar-refractivity contribution in [2.45, 2.75) is 19.4 Å². The number of anilines is 2. The number of thiocarbonyl (C=S) groups is 1. The van der Waals surface area contributed by atoms with Crippen LogP contribution in [0.25, 0.3) is 5.69 Å². The summed E-state index contributed by atoms with van der Waals surface area (Å²) in [7, 11) is 1.40. The average molecular weight is 465 g/mol. The molecule has 0 bridgehead atoms. The second-order valence-electron chi connectivity index (χ2n) is 7.81. The fourth-order valence-corrected chi connectivity index (χ4v) is 3.97. The minimum Gasteiger partial charge on any atom is -0.487 e. The molecular weight excluding hydrogens is 436 g/mol. The molecule has 0 amide bonds. The number of methoxy groups -OCH3 is 1. The second kappa shape index (κ2) is 10.4. The number of carbonyl (C=O) groups excluding carboxylic acids is 1. The summed E-state index contributed by atoms with van der Waals surface area (Å²) < 4.78 is 13.1. The molecule has 2 aromatic carbocycles. The van der Waals surface area contributed by atoms with E-state index in [0.29, 0.717) is 10.7 Å². The number of nitrogens with zero attached hydrogens (tertiary/aromatic N) is 2. The molecule has 1 aliphatic heterocycles. The lowest BCUT2D eigenvalue weighted by atomic mass is 10.1. The smallest absolute Gasteiger partial charge is 0.340 e. The van der Waals surface area contributed by atoms with Crippen molar-refractivity contribution >= 4 is 34.7 Å². The van der Waals surface area contributed by atoms with Crippen LogP contribution in [-0.4, -0.2) is 48.5 Å². The van der Waals surface area contributed by atoms with Gasteiger partial charge in [0.15, 0.2) is 5.11 Å². The van der Waals surface area contributed by atoms with Crippen LogP contribution in [0.5, 0.6) is 5.75 Å². The average Bonchev–Trinajstić information content (AvgIpc) is 3.34. The third kappa shape index (κ3) is 5.28. The lowest BCUT2D eigenvalue weighted by Gasteiger charge is -2.41. The molecule has 172 valence electrons. The third-order valence-electron chi connectivity index (χ3n) is 5.42. The van der Waals surface area contributed by atoms with Crippen LogP contribution in [0.3, 0.4) is 0 Å². The molecule has 0 spiro atoms. The quantitative estimate of drug-likeness (QED) is 0.382. The summed E-state index contributed by atoms with van der Waals surface area (Å²) in [5.41, 5.74) is 3.24. The Hall–Kier alpha value is -3.52. The number of benzene rings is 2. The molecule has 0 atom stereocenters. The molecule has 7 nitrogen and oxygen atoms in total. The highest BCUT2D eigenvalue weighted by Crippen LogP contribution is 2.33. The molecule has 3 aromatic rings. The van der Waals surface area contributed by atoms with Crippen molar-refractivity contribution in [1.82, 2.24) is 9.88 Å². The molecule has 2 N–H and O–H groups in total. The zero-order valence-electron chi connectivity index (χ0n) is 18.8. The largest absolute Gasteiger partial charge is 0.487 e. The number of nitrogens with one attached hydrogen (secondary N) is 2. The summed E-state index contributed by atoms with van der Waals surface area (Å²) in [6.07, 6.45) is 4.94. The van der Waals surface area contributed by atoms with Crippen molar-refractivity contribution in [2.75, 3.05) is 37.0 Å². The van der Waals surface area contributed by atoms with Crippen LogP contribution in [0.1, 0.15) is 23.7 Å². The number of hydrogen-bond acceptors (Lipinski definition) is 5. The van der Waals surface area contributed by atoms with Gasteiger partial charge in [-0.1, -0.05) is 13.0 Å². The summed E-state index contributed by atoms with van der Waals surface area (Å²) in [5, 5.41) is 6.94. The van der Waals surface area contributed by atoms with E-state index in [1.807, 2.05) is 65.5 Å². The van der Waals surface area contributed by atoms with E-state index in [0.717, 1.165) is 48.9 Å². The minimum atomic E-state index is -0.355. The molecular formula is C25H28N4O3S. The normalized spacial score (nSPS) is 13.2. The fraction of sp³-hybridized carbons (Fsp3) is 0.280. The summed E-state index contributed by atoms with van der Waals surface area (Å²) in [6.45, 7) is 4.40. The minimum absolute atomic E-state index is 0.0652. The Balaban J connectivity index is 1.40. The van der Waals surface area contributed by atoms with Gasteiger partial charge < -0.3 is 29.6 Å². The first-order chi connectivity index (χ1) is 16.1. The maximum Gasteiger partial charge on any atom is 0.340 e. The highest BCUT2D eigenvalue weighted by molar-refractivity contribution is 7.80. The lowest BCUT2D eigenvalue weighted by molar-refractivity contribution is 0.0601. The predicted molar refractivity (Wildman–Crippen MR) is 135 cm³/mol. The number of esters is 1. The van der Waals surface area contributed by atoms with Gasteiger partial charge in [0.2, 0.25) is 0 Å². The van der Waals surface area contributed by atoms with Crippen molar-refractivity contribution < 1.29 is 14.3 Å². The number of rotatable bonds is 8. The van der Waals surface area contributed by atoms with Crippen molar-refractivity contribution in [3.8, 4) is 11.4 Å². The summed E-state index contributed by atoms with van der Waals surface area (Å²) in [4.78, 5) is 14.6. The van der Waals surface area contributed by atoms with Crippen LogP contribution < -0.4 is 20.3 Å². The van der Waals surface area contributed by atoms with E-state index in [1.54, 1.807) is 6.07 Å². The van der Waals surface area contributed by atoms with Gasteiger partial charge in [0.1, 0.15) is 11.9 Å². The Morgan fingerprint density at radius 1 is 1.09 bits per heavy atom. The van der Waals surface area contributed by atoms with E-state index in [-0.39, 0.29) is 12.1 Å². The first kappa shape index (κ1) is 22.7. The molecule has 33 heavy (non-hydrogen) atoms. The van der Waals surface area contributed by atoms with Gasteiger partial charge in [0.25, 0.3) is 0 Å². The first-order valence-electron chi connectivity index (χ1n) is 11.0. The van der Waals surface area contributed by atoms with Gasteiger partial charge >= 0.3 is 5.97 Å². The standard InChI is InChI=1S/C25H28N4O3S/c1-3-13-26-25(33)27-18-9-11-19(12-10-18)32-20-16-29(17-20)22-8-6-7-21(24(30)31-2)23(22)28-14-4-5-15-28/h4-12,14-15,20H,3,13,16-17H2,1-2H3,(H2,26,27,33). The van der Waals surface area contributed by atoms with Crippen LogP contribution in [0.2, 0.25) is 0 Å². The molecule has 8 heteroatoms. The molecule has 4 rings (SSSR count). The van der Waals surface area contributed by atoms with Crippen LogP contribution in [0.4, 0.5) is 11.4 Å². The molecule has 2 heterocycles. The topological polar surface area (TPSA) is 67.8 Å². The molecule has 1 fully saturated rings. The van der Waals surface area contributed by atoms with E-state index >= 15 is 0 Å². The van der Waals surface area contributed by atoms with E-state index < -0.39 is 0 Å². The Morgan fingerprint density at radius 2 is 1.82 bits per heavy atom. The summed E-state index contributed by atoms with van der Waals surface area (Å²) in [6, 6.07) is 17.4. The second-order valence-corrected chi connectivity index (χ2v) is 8.21. The molecule has 0 unspecified atom stereocenters. The number of carbonyl (C=O) groups is 1. The predicted octanol–water partition coefficient (Wildman–Crippen LogP) is 4.23. The van der Waals surface area contributed by atoms with E-state index in [4.69, 9.17) is 21.7 Å². The van der Waals surface area contributed by atoms with E-state index in [9.17, 15) is 4.79 Å². The summed E-state index contributed by atoms with van der Waals surface area (Å²) in [5.74, 6) is 0.457. The van der Waals surface area contributed by atoms with Crippen molar-refractivity contribution in [3.63, 3.8) is 0 Å². The molecule has 1 aromatic heterocycles. The molecule has 1 aliphatic rings. The van der Waals surface area contributed by atoms with Gasteiger partial charge in [-0.3, -0.25) is 0 Å².